The quantitative estimate of drug-likeness (QED) is 0.382. The number of fused-ring (bicyclic) bond motifs is 1. The van der Waals surface area contributed by atoms with E-state index >= 15 is 0 Å². The molecule has 2 aliphatic rings. The van der Waals surface area contributed by atoms with Gasteiger partial charge >= 0.3 is 0 Å². The van der Waals surface area contributed by atoms with Crippen molar-refractivity contribution < 1.29 is 13.6 Å². The molecule has 0 radical (unpaired) electrons. The fourth-order valence-corrected chi connectivity index (χ4v) is 5.70. The lowest BCUT2D eigenvalue weighted by Gasteiger charge is -2.34. The Bertz CT molecular complexity index is 975. The van der Waals surface area contributed by atoms with Gasteiger partial charge in [0.1, 0.15) is 16.5 Å². The zero-order valence-electron chi connectivity index (χ0n) is 16.6. The van der Waals surface area contributed by atoms with Crippen molar-refractivity contribution in [3.8, 4) is 0 Å². The molecule has 1 fully saturated rings. The lowest BCUT2D eigenvalue weighted by atomic mass is 9.85. The molecule has 4 N–H and O–H groups in total. The molecular weight excluding hydrogens is 404 g/mol. The Kier molecular flexibility index (Phi) is 5.93. The molecule has 0 heterocycles. The molecule has 4 nitrogen and oxygen atoms in total. The molecular formula is C23H25F2N3OS. The van der Waals surface area contributed by atoms with Crippen LogP contribution in [0.3, 0.4) is 0 Å². The number of halogens is 2. The first kappa shape index (κ1) is 21.0. The highest BCUT2D eigenvalue weighted by molar-refractivity contribution is 8.15. The molecule has 1 unspecified atom stereocenters. The summed E-state index contributed by atoms with van der Waals surface area (Å²) >= 11 is 1.09. The van der Waals surface area contributed by atoms with Crippen molar-refractivity contribution in [2.45, 2.75) is 49.4 Å². The molecule has 7 heteroatoms. The summed E-state index contributed by atoms with van der Waals surface area (Å²) in [6.45, 7) is 0. The topological polar surface area (TPSA) is 79.0 Å². The van der Waals surface area contributed by atoms with Crippen molar-refractivity contribution in [2.75, 3.05) is 0 Å². The van der Waals surface area contributed by atoms with E-state index in [9.17, 15) is 13.6 Å². The summed E-state index contributed by atoms with van der Waals surface area (Å²) in [6.07, 6.45) is 4.46. The van der Waals surface area contributed by atoms with Crippen LogP contribution in [0.1, 0.15) is 48.8 Å². The van der Waals surface area contributed by atoms with Gasteiger partial charge in [-0.25, -0.2) is 8.78 Å². The first-order chi connectivity index (χ1) is 14.4. The number of amides is 1. The van der Waals surface area contributed by atoms with Crippen LogP contribution in [0.5, 0.6) is 0 Å². The largest absolute Gasteiger partial charge is 0.337 e. The highest BCUT2D eigenvalue weighted by atomic mass is 32.2. The van der Waals surface area contributed by atoms with E-state index < -0.39 is 16.5 Å². The number of nitrogens with two attached hydrogens (primary N) is 1. The minimum atomic E-state index is -0.872. The molecule has 2 aromatic rings. The highest BCUT2D eigenvalue weighted by Gasteiger charge is 2.43. The molecule has 2 aliphatic carbocycles. The van der Waals surface area contributed by atoms with Crippen LogP contribution in [0.4, 0.5) is 8.78 Å². The average Bonchev–Trinajstić information content (AvgIpc) is 3.08. The standard InChI is InChI=1S/C23H25F2N3OS/c24-16-7-10-20(25)18(13-16)21(27)30-23(12-11-14-3-1-2-4-19(14)23)28-22(29)15-5-8-17(26)9-6-15/h1-4,7,10,13,15,17,27H,5-6,8-9,11-12,26H2,(H,28,29). The Balaban J connectivity index is 1.63. The second-order valence-electron chi connectivity index (χ2n) is 8.14. The lowest BCUT2D eigenvalue weighted by Crippen LogP contribution is -2.46. The van der Waals surface area contributed by atoms with Crippen LogP contribution < -0.4 is 11.1 Å². The van der Waals surface area contributed by atoms with E-state index in [2.05, 4.69) is 5.32 Å². The minimum absolute atomic E-state index is 0.0568. The summed E-state index contributed by atoms with van der Waals surface area (Å²) in [5, 5.41) is 11.6. The van der Waals surface area contributed by atoms with Crippen molar-refractivity contribution in [3.05, 3.63) is 70.8 Å². The van der Waals surface area contributed by atoms with Gasteiger partial charge in [-0.1, -0.05) is 36.0 Å². The van der Waals surface area contributed by atoms with E-state index in [1.54, 1.807) is 0 Å². The zero-order chi connectivity index (χ0) is 21.3. The third-order valence-corrected chi connectivity index (χ3v) is 7.41. The van der Waals surface area contributed by atoms with Crippen molar-refractivity contribution in [1.29, 1.82) is 5.41 Å². The zero-order valence-corrected chi connectivity index (χ0v) is 17.4. The van der Waals surface area contributed by atoms with E-state index in [4.69, 9.17) is 11.1 Å². The van der Waals surface area contributed by atoms with E-state index in [1.165, 1.54) is 0 Å². The monoisotopic (exact) mass is 429 g/mol. The van der Waals surface area contributed by atoms with E-state index in [0.717, 1.165) is 73.2 Å². The number of benzene rings is 2. The number of carbonyl (C=O) groups is 1. The molecule has 158 valence electrons. The molecule has 0 saturated heterocycles. The Morgan fingerprint density at radius 1 is 1.13 bits per heavy atom. The maximum absolute atomic E-state index is 14.3. The molecule has 0 bridgehead atoms. The minimum Gasteiger partial charge on any atom is -0.337 e. The average molecular weight is 430 g/mol. The van der Waals surface area contributed by atoms with Crippen molar-refractivity contribution >= 4 is 22.7 Å². The second kappa shape index (κ2) is 8.47. The smallest absolute Gasteiger partial charge is 0.224 e. The normalized spacial score (nSPS) is 25.6. The van der Waals surface area contributed by atoms with Crippen molar-refractivity contribution in [1.82, 2.24) is 5.32 Å². The van der Waals surface area contributed by atoms with Crippen LogP contribution in [0.2, 0.25) is 0 Å². The summed E-state index contributed by atoms with van der Waals surface area (Å²) in [5.41, 5.74) is 7.91. The second-order valence-corrected chi connectivity index (χ2v) is 9.45. The van der Waals surface area contributed by atoms with Gasteiger partial charge in [0.15, 0.2) is 0 Å². The number of rotatable bonds is 4. The first-order valence-corrected chi connectivity index (χ1v) is 11.1. The molecule has 30 heavy (non-hydrogen) atoms. The predicted molar refractivity (Wildman–Crippen MR) is 115 cm³/mol. The van der Waals surface area contributed by atoms with E-state index in [-0.39, 0.29) is 28.5 Å². The van der Waals surface area contributed by atoms with E-state index in [1.807, 2.05) is 24.3 Å². The van der Waals surface area contributed by atoms with Crippen LogP contribution in [-0.2, 0) is 16.1 Å². The summed E-state index contributed by atoms with van der Waals surface area (Å²) in [4.78, 5) is 12.3. The SMILES string of the molecule is N=C(SC1(NC(=O)C2CCC(N)CC2)CCc2ccccc21)c1cc(F)ccc1F. The predicted octanol–water partition coefficient (Wildman–Crippen LogP) is 4.46. The summed E-state index contributed by atoms with van der Waals surface area (Å²) < 4.78 is 28.0. The Morgan fingerprint density at radius 3 is 2.63 bits per heavy atom. The van der Waals surface area contributed by atoms with Gasteiger partial charge in [0.05, 0.1) is 5.04 Å². The fourth-order valence-electron chi connectivity index (χ4n) is 4.42. The highest BCUT2D eigenvalue weighted by Crippen LogP contribution is 2.47. The molecule has 0 aliphatic heterocycles. The Hall–Kier alpha value is -2.25. The van der Waals surface area contributed by atoms with Crippen molar-refractivity contribution in [2.24, 2.45) is 11.7 Å². The van der Waals surface area contributed by atoms with Crippen molar-refractivity contribution in [3.63, 3.8) is 0 Å². The van der Waals surface area contributed by atoms with Gasteiger partial charge in [0.2, 0.25) is 5.91 Å². The number of hydrogen-bond donors (Lipinski definition) is 3. The third-order valence-electron chi connectivity index (χ3n) is 6.12. The molecule has 1 amide bonds. The fraction of sp³-hybridized carbons (Fsp3) is 0.391. The molecule has 4 rings (SSSR count). The van der Waals surface area contributed by atoms with Gasteiger partial charge in [-0.3, -0.25) is 10.2 Å². The van der Waals surface area contributed by atoms with E-state index in [0.29, 0.717) is 6.42 Å². The number of thioether (sulfide) groups is 1. The van der Waals surface area contributed by atoms with Crippen LogP contribution >= 0.6 is 11.8 Å². The van der Waals surface area contributed by atoms with Crippen LogP contribution in [0.25, 0.3) is 0 Å². The maximum Gasteiger partial charge on any atom is 0.224 e. The summed E-state index contributed by atoms with van der Waals surface area (Å²) in [5.74, 6) is -1.42. The van der Waals surface area contributed by atoms with Crippen LogP contribution in [0, 0.1) is 23.0 Å². The van der Waals surface area contributed by atoms with Gasteiger partial charge in [-0.15, -0.1) is 0 Å². The first-order valence-electron chi connectivity index (χ1n) is 10.3. The number of aryl methyl sites for hydroxylation is 1. The molecule has 1 atom stereocenters. The Labute approximate surface area is 179 Å². The van der Waals surface area contributed by atoms with Gasteiger partial charge < -0.3 is 11.1 Å². The molecule has 0 aromatic heterocycles. The summed E-state index contributed by atoms with van der Waals surface area (Å²) in [6, 6.07) is 11.0. The summed E-state index contributed by atoms with van der Waals surface area (Å²) in [7, 11) is 0. The maximum atomic E-state index is 14.3. The third kappa shape index (κ3) is 4.14. The lowest BCUT2D eigenvalue weighted by molar-refractivity contribution is -0.127. The Morgan fingerprint density at radius 2 is 1.87 bits per heavy atom. The number of nitrogens with one attached hydrogen (secondary N) is 2. The number of carbonyl (C=O) groups excluding carboxylic acids is 1. The molecule has 0 spiro atoms. The molecule has 1 saturated carbocycles. The van der Waals surface area contributed by atoms with Crippen LogP contribution in [0.15, 0.2) is 42.5 Å². The van der Waals surface area contributed by atoms with Gasteiger partial charge in [0.25, 0.3) is 0 Å². The van der Waals surface area contributed by atoms with Gasteiger partial charge in [-0.05, 0) is 67.9 Å². The van der Waals surface area contributed by atoms with Crippen LogP contribution in [-0.4, -0.2) is 17.0 Å². The van der Waals surface area contributed by atoms with Gasteiger partial charge in [0, 0.05) is 17.5 Å². The van der Waals surface area contributed by atoms with Gasteiger partial charge in [-0.2, -0.15) is 0 Å². The molecule has 2 aromatic carbocycles. The number of hydrogen-bond acceptors (Lipinski definition) is 4.